The average Bonchev–Trinajstić information content (AvgIpc) is 2.79. The Bertz CT molecular complexity index is 1100. The monoisotopic (exact) mass is 464 g/mol. The first-order valence-electron chi connectivity index (χ1n) is 10.1. The van der Waals surface area contributed by atoms with Crippen molar-refractivity contribution in [1.82, 2.24) is 0 Å². The summed E-state index contributed by atoms with van der Waals surface area (Å²) in [4.78, 5) is 24.8. The smallest absolute Gasteiger partial charge is 0.175 e. The lowest BCUT2D eigenvalue weighted by atomic mass is 10.1. The van der Waals surface area contributed by atoms with Gasteiger partial charge in [-0.3, -0.25) is 9.59 Å². The van der Waals surface area contributed by atoms with E-state index >= 15 is 0 Å². The predicted molar refractivity (Wildman–Crippen MR) is 135 cm³/mol. The first kappa shape index (κ1) is 23.5. The maximum absolute atomic E-state index is 12.5. The average molecular weight is 465 g/mol. The van der Waals surface area contributed by atoms with Crippen molar-refractivity contribution >= 4 is 52.0 Å². The Labute approximate surface area is 197 Å². The summed E-state index contributed by atoms with van der Waals surface area (Å²) >= 11 is 6.86. The highest BCUT2D eigenvalue weighted by atomic mass is 32.2. The second kappa shape index (κ2) is 11.5. The van der Waals surface area contributed by atoms with Crippen LogP contribution in [0, 0.1) is 0 Å². The van der Waals surface area contributed by atoms with Crippen LogP contribution in [0.4, 0.5) is 11.4 Å². The highest BCUT2D eigenvalue weighted by Crippen LogP contribution is 2.23. The summed E-state index contributed by atoms with van der Waals surface area (Å²) < 4.78 is 5.41. The van der Waals surface area contributed by atoms with Crippen LogP contribution in [0.25, 0.3) is 0 Å². The van der Waals surface area contributed by atoms with Crippen LogP contribution in [-0.4, -0.2) is 29.0 Å². The number of Topliss-reactive ketones (excluding diaryl/α,β-unsaturated/α-hetero) is 2. The van der Waals surface area contributed by atoms with E-state index in [1.165, 1.54) is 18.7 Å². The number of nitrogens with one attached hydrogen (secondary N) is 2. The molecule has 0 aromatic heterocycles. The van der Waals surface area contributed by atoms with Crippen LogP contribution >= 0.6 is 24.0 Å². The van der Waals surface area contributed by atoms with Gasteiger partial charge in [0.05, 0.1) is 12.4 Å². The van der Waals surface area contributed by atoms with E-state index in [2.05, 4.69) is 10.6 Å². The van der Waals surface area contributed by atoms with Gasteiger partial charge in [0.25, 0.3) is 0 Å². The van der Waals surface area contributed by atoms with Gasteiger partial charge in [0, 0.05) is 27.4 Å². The molecule has 0 aliphatic rings. The molecule has 2 N–H and O–H groups in total. The molecule has 7 heteroatoms. The molecule has 0 bridgehead atoms. The minimum atomic E-state index is 0.0209. The molecule has 0 amide bonds. The number of rotatable bonds is 9. The van der Waals surface area contributed by atoms with Crippen molar-refractivity contribution in [3.63, 3.8) is 0 Å². The van der Waals surface area contributed by atoms with Crippen LogP contribution in [0.3, 0.4) is 0 Å². The van der Waals surface area contributed by atoms with Gasteiger partial charge in [-0.05, 0) is 92.8 Å². The number of thiocarbonyl (C=S) groups is 1. The molecule has 164 valence electrons. The Kier molecular flexibility index (Phi) is 8.41. The zero-order valence-electron chi connectivity index (χ0n) is 17.9. The van der Waals surface area contributed by atoms with E-state index in [0.717, 1.165) is 22.0 Å². The number of benzene rings is 3. The second-order valence-corrected chi connectivity index (χ2v) is 8.37. The number of anilines is 2. The van der Waals surface area contributed by atoms with Gasteiger partial charge in [-0.1, -0.05) is 6.07 Å². The van der Waals surface area contributed by atoms with Gasteiger partial charge < -0.3 is 15.4 Å². The summed E-state index contributed by atoms with van der Waals surface area (Å²) in [5, 5.41) is 6.68. The van der Waals surface area contributed by atoms with E-state index in [1.807, 2.05) is 55.5 Å². The van der Waals surface area contributed by atoms with Gasteiger partial charge >= 0.3 is 0 Å². The van der Waals surface area contributed by atoms with Crippen LogP contribution in [0.5, 0.6) is 5.75 Å². The summed E-state index contributed by atoms with van der Waals surface area (Å²) in [6.45, 7) is 4.05. The summed E-state index contributed by atoms with van der Waals surface area (Å²) in [5.41, 5.74) is 2.93. The highest BCUT2D eigenvalue weighted by Gasteiger charge is 2.08. The second-order valence-electron chi connectivity index (χ2n) is 6.91. The van der Waals surface area contributed by atoms with Crippen LogP contribution in [0.2, 0.25) is 0 Å². The van der Waals surface area contributed by atoms with Crippen molar-refractivity contribution in [3.05, 3.63) is 83.9 Å². The van der Waals surface area contributed by atoms with E-state index < -0.39 is 0 Å². The van der Waals surface area contributed by atoms with Crippen molar-refractivity contribution in [2.75, 3.05) is 23.0 Å². The highest BCUT2D eigenvalue weighted by molar-refractivity contribution is 8.00. The number of hydrogen-bond donors (Lipinski definition) is 2. The molecule has 5 nitrogen and oxygen atoms in total. The molecule has 32 heavy (non-hydrogen) atoms. The van der Waals surface area contributed by atoms with Gasteiger partial charge in [0.1, 0.15) is 5.75 Å². The minimum absolute atomic E-state index is 0.0209. The van der Waals surface area contributed by atoms with Gasteiger partial charge in [-0.25, -0.2) is 0 Å². The number of carbonyl (C=O) groups is 2. The van der Waals surface area contributed by atoms with E-state index in [0.29, 0.717) is 28.6 Å². The Morgan fingerprint density at radius 1 is 0.906 bits per heavy atom. The minimum Gasteiger partial charge on any atom is -0.494 e. The maximum atomic E-state index is 12.5. The molecule has 3 aromatic rings. The summed E-state index contributed by atoms with van der Waals surface area (Å²) in [5.74, 6) is 1.17. The van der Waals surface area contributed by atoms with E-state index in [1.54, 1.807) is 24.3 Å². The number of ether oxygens (including phenoxy) is 1. The standard InChI is InChI=1S/C25H24N2O3S2/c1-3-30-22-13-9-19(10-14-22)24(29)16-32-23-6-4-5-21(15-23)27-25(31)26-20-11-7-18(8-12-20)17(2)28/h4-15H,3,16H2,1-2H3,(H2,26,27,31). The zero-order chi connectivity index (χ0) is 22.9. The van der Waals surface area contributed by atoms with Crippen LogP contribution in [0.1, 0.15) is 34.6 Å². The van der Waals surface area contributed by atoms with E-state index in [-0.39, 0.29) is 11.6 Å². The lowest BCUT2D eigenvalue weighted by Crippen LogP contribution is -2.19. The third-order valence-electron chi connectivity index (χ3n) is 4.50. The predicted octanol–water partition coefficient (Wildman–Crippen LogP) is 6.07. The van der Waals surface area contributed by atoms with Gasteiger partial charge in [-0.2, -0.15) is 0 Å². The molecule has 0 unspecified atom stereocenters. The summed E-state index contributed by atoms with van der Waals surface area (Å²) in [7, 11) is 0. The van der Waals surface area contributed by atoms with Gasteiger partial charge in [-0.15, -0.1) is 11.8 Å². The summed E-state index contributed by atoms with van der Waals surface area (Å²) in [6, 6.07) is 22.1. The SMILES string of the molecule is CCOc1ccc(C(=O)CSc2cccc(NC(=S)Nc3ccc(C(C)=O)cc3)c2)cc1. The topological polar surface area (TPSA) is 67.4 Å². The Hall–Kier alpha value is -3.16. The van der Waals surface area contributed by atoms with Crippen molar-refractivity contribution < 1.29 is 14.3 Å². The molecule has 0 aliphatic heterocycles. The number of thioether (sulfide) groups is 1. The van der Waals surface area contributed by atoms with Crippen molar-refractivity contribution in [3.8, 4) is 5.75 Å². The van der Waals surface area contributed by atoms with Crippen molar-refractivity contribution in [1.29, 1.82) is 0 Å². The molecule has 0 saturated carbocycles. The molecule has 0 spiro atoms. The van der Waals surface area contributed by atoms with E-state index in [4.69, 9.17) is 17.0 Å². The summed E-state index contributed by atoms with van der Waals surface area (Å²) in [6.07, 6.45) is 0. The zero-order valence-corrected chi connectivity index (χ0v) is 19.5. The van der Waals surface area contributed by atoms with Crippen molar-refractivity contribution in [2.24, 2.45) is 0 Å². The third kappa shape index (κ3) is 6.93. The molecule has 3 aromatic carbocycles. The molecule has 0 radical (unpaired) electrons. The molecule has 0 aliphatic carbocycles. The van der Waals surface area contributed by atoms with Gasteiger partial charge in [0.2, 0.25) is 0 Å². The first-order valence-corrected chi connectivity index (χ1v) is 11.5. The molecule has 0 fully saturated rings. The fraction of sp³-hybridized carbons (Fsp3) is 0.160. The normalized spacial score (nSPS) is 10.3. The Morgan fingerprint density at radius 3 is 2.22 bits per heavy atom. The number of carbonyl (C=O) groups excluding carboxylic acids is 2. The first-order chi connectivity index (χ1) is 15.4. The quantitative estimate of drug-likeness (QED) is 0.226. The molecule has 3 rings (SSSR count). The van der Waals surface area contributed by atoms with Crippen LogP contribution in [0.15, 0.2) is 77.7 Å². The Balaban J connectivity index is 1.53. The lowest BCUT2D eigenvalue weighted by Gasteiger charge is -2.12. The van der Waals surface area contributed by atoms with Crippen molar-refractivity contribution in [2.45, 2.75) is 18.7 Å². The molecule has 0 atom stereocenters. The number of ketones is 2. The van der Waals surface area contributed by atoms with E-state index in [9.17, 15) is 9.59 Å². The lowest BCUT2D eigenvalue weighted by molar-refractivity contribution is 0.101. The van der Waals surface area contributed by atoms with Crippen LogP contribution < -0.4 is 15.4 Å². The molecular formula is C25H24N2O3S2. The molecular weight excluding hydrogens is 440 g/mol. The maximum Gasteiger partial charge on any atom is 0.175 e. The molecule has 0 saturated heterocycles. The fourth-order valence-corrected chi connectivity index (χ4v) is 3.97. The van der Waals surface area contributed by atoms with Gasteiger partial charge in [0.15, 0.2) is 16.7 Å². The third-order valence-corrected chi connectivity index (χ3v) is 5.70. The van der Waals surface area contributed by atoms with Crippen LogP contribution in [-0.2, 0) is 0 Å². The fourth-order valence-electron chi connectivity index (χ4n) is 2.88. The largest absolute Gasteiger partial charge is 0.494 e. The Morgan fingerprint density at radius 2 is 1.56 bits per heavy atom. The molecule has 0 heterocycles. The number of hydrogen-bond acceptors (Lipinski definition) is 5.